The van der Waals surface area contributed by atoms with Crippen molar-refractivity contribution >= 4 is 21.9 Å². The molecule has 0 aliphatic heterocycles. The molecule has 31 heavy (non-hydrogen) atoms. The second-order valence-electron chi connectivity index (χ2n) is 5.69. The Morgan fingerprint density at radius 2 is 1.45 bits per heavy atom. The van der Waals surface area contributed by atoms with E-state index in [-0.39, 0.29) is 6.08 Å². The number of ether oxygens (including phenoxy) is 1. The van der Waals surface area contributed by atoms with Crippen LogP contribution in [0.5, 0.6) is 0 Å². The first-order valence-electron chi connectivity index (χ1n) is 8.00. The molecular weight excluding hydrogens is 471 g/mol. The van der Waals surface area contributed by atoms with Gasteiger partial charge in [0.1, 0.15) is 0 Å². The van der Waals surface area contributed by atoms with Crippen LogP contribution in [-0.4, -0.2) is 44.3 Å². The lowest BCUT2D eigenvalue weighted by Crippen LogP contribution is -2.63. The summed E-state index contributed by atoms with van der Waals surface area (Å²) in [5.41, 5.74) is 0.306. The summed E-state index contributed by atoms with van der Waals surface area (Å²) in [5, 5.41) is -7.04. The minimum Gasteiger partial charge on any atom is -0.462 e. The number of sulfone groups is 1. The zero-order valence-corrected chi connectivity index (χ0v) is 16.1. The Morgan fingerprint density at radius 1 is 0.935 bits per heavy atom. The molecule has 14 heteroatoms. The van der Waals surface area contributed by atoms with Crippen LogP contribution in [0, 0.1) is 0 Å². The minimum absolute atomic E-state index is 0.0239. The lowest BCUT2D eigenvalue weighted by molar-refractivity contribution is -0.382. The van der Waals surface area contributed by atoms with Gasteiger partial charge in [0.05, 0.1) is 6.61 Å². The number of allylic oxidation sites excluding steroid dienone is 2. The normalized spacial score (nSPS) is 14.7. The minimum atomic E-state index is -7.47. The van der Waals surface area contributed by atoms with Gasteiger partial charge in [0, 0.05) is 0 Å². The van der Waals surface area contributed by atoms with Crippen molar-refractivity contribution in [3.05, 3.63) is 53.0 Å². The number of hydrogen-bond acceptors (Lipinski definition) is 4. The molecule has 0 saturated heterocycles. The van der Waals surface area contributed by atoms with Crippen molar-refractivity contribution in [2.45, 2.75) is 30.2 Å². The SMILES string of the molecule is CCOC(=O)/C(=C\C=C\c1ccccc1)S(=O)(=O)C(F)(F)C(F)(F)C(F)(F)C(F)(F)F. The van der Waals surface area contributed by atoms with Crippen molar-refractivity contribution in [3.8, 4) is 0 Å². The zero-order chi connectivity index (χ0) is 24.3. The van der Waals surface area contributed by atoms with Crippen LogP contribution >= 0.6 is 0 Å². The molecule has 1 aromatic carbocycles. The van der Waals surface area contributed by atoms with Crippen LogP contribution in [0.15, 0.2) is 47.4 Å². The van der Waals surface area contributed by atoms with Crippen LogP contribution < -0.4 is 0 Å². The average molecular weight is 484 g/mol. The van der Waals surface area contributed by atoms with E-state index in [9.17, 15) is 52.7 Å². The Kier molecular flexibility index (Phi) is 7.64. The van der Waals surface area contributed by atoms with E-state index >= 15 is 0 Å². The standard InChI is InChI=1S/C17H13F9O4S/c1-2-30-13(27)12(10-6-9-11-7-4-3-5-8-11)31(28,29)17(25,26)15(20,21)14(18,19)16(22,23)24/h3-10H,2H2,1H3/b9-6+,12-10+. The zero-order valence-electron chi connectivity index (χ0n) is 15.3. The van der Waals surface area contributed by atoms with Crippen LogP contribution in [0.2, 0.25) is 0 Å². The fraction of sp³-hybridized carbons (Fsp3) is 0.353. The second-order valence-corrected chi connectivity index (χ2v) is 7.65. The summed E-state index contributed by atoms with van der Waals surface area (Å²) in [6.07, 6.45) is -5.59. The third-order valence-electron chi connectivity index (χ3n) is 3.56. The maximum atomic E-state index is 14.0. The molecule has 1 rings (SSSR count). The number of rotatable bonds is 8. The van der Waals surface area contributed by atoms with Crippen LogP contribution in [0.4, 0.5) is 39.5 Å². The molecule has 0 heterocycles. The lowest BCUT2D eigenvalue weighted by atomic mass is 10.1. The second kappa shape index (κ2) is 8.93. The molecule has 0 aliphatic rings. The number of alkyl halides is 9. The van der Waals surface area contributed by atoms with Gasteiger partial charge in [-0.25, -0.2) is 13.2 Å². The summed E-state index contributed by atoms with van der Waals surface area (Å²) in [6, 6.07) is 7.36. The molecule has 0 atom stereocenters. The van der Waals surface area contributed by atoms with Gasteiger partial charge in [-0.05, 0) is 18.6 Å². The Bertz CT molecular complexity index is 950. The first-order chi connectivity index (χ1) is 13.9. The van der Waals surface area contributed by atoms with E-state index in [1.165, 1.54) is 24.3 Å². The number of halogens is 9. The maximum absolute atomic E-state index is 14.0. The molecule has 0 unspecified atom stereocenters. The van der Waals surface area contributed by atoms with Gasteiger partial charge in [0.15, 0.2) is 4.91 Å². The van der Waals surface area contributed by atoms with Gasteiger partial charge in [-0.15, -0.1) is 0 Å². The fourth-order valence-electron chi connectivity index (χ4n) is 1.95. The molecule has 4 nitrogen and oxygen atoms in total. The largest absolute Gasteiger partial charge is 0.462 e. The molecular formula is C17H13F9O4S. The quantitative estimate of drug-likeness (QED) is 0.226. The van der Waals surface area contributed by atoms with Gasteiger partial charge >= 0.3 is 29.2 Å². The van der Waals surface area contributed by atoms with E-state index < -0.39 is 50.6 Å². The predicted molar refractivity (Wildman–Crippen MR) is 90.0 cm³/mol. The molecule has 1 aromatic rings. The number of benzene rings is 1. The Hall–Kier alpha value is -2.51. The van der Waals surface area contributed by atoms with Crippen LogP contribution in [0.3, 0.4) is 0 Å². The van der Waals surface area contributed by atoms with Gasteiger partial charge in [0.2, 0.25) is 0 Å². The number of hydrogen-bond donors (Lipinski definition) is 0. The van der Waals surface area contributed by atoms with Gasteiger partial charge in [-0.1, -0.05) is 42.5 Å². The maximum Gasteiger partial charge on any atom is 0.460 e. The van der Waals surface area contributed by atoms with Crippen molar-refractivity contribution in [2.24, 2.45) is 0 Å². The smallest absolute Gasteiger partial charge is 0.460 e. The number of carbonyl (C=O) groups is 1. The van der Waals surface area contributed by atoms with E-state index in [0.29, 0.717) is 11.6 Å². The third kappa shape index (κ3) is 4.88. The van der Waals surface area contributed by atoms with Gasteiger partial charge in [-0.3, -0.25) is 0 Å². The third-order valence-corrected chi connectivity index (χ3v) is 5.37. The van der Waals surface area contributed by atoms with E-state index in [2.05, 4.69) is 4.74 Å². The molecule has 0 saturated carbocycles. The Morgan fingerprint density at radius 3 is 1.90 bits per heavy atom. The van der Waals surface area contributed by atoms with Gasteiger partial charge < -0.3 is 4.74 Å². The van der Waals surface area contributed by atoms with E-state index in [4.69, 9.17) is 0 Å². The highest BCUT2D eigenvalue weighted by atomic mass is 32.2. The first kappa shape index (κ1) is 26.5. The van der Waals surface area contributed by atoms with Crippen molar-refractivity contribution in [1.82, 2.24) is 0 Å². The summed E-state index contributed by atoms with van der Waals surface area (Å²) in [4.78, 5) is 9.51. The topological polar surface area (TPSA) is 60.4 Å². The van der Waals surface area contributed by atoms with Crippen molar-refractivity contribution in [3.63, 3.8) is 0 Å². The van der Waals surface area contributed by atoms with Crippen LogP contribution in [-0.2, 0) is 19.4 Å². The van der Waals surface area contributed by atoms with Crippen molar-refractivity contribution in [1.29, 1.82) is 0 Å². The van der Waals surface area contributed by atoms with Gasteiger partial charge in [-0.2, -0.15) is 39.5 Å². The molecule has 0 amide bonds. The number of esters is 1. The summed E-state index contributed by atoms with van der Waals surface area (Å²) in [5.74, 6) is -17.1. The van der Waals surface area contributed by atoms with Crippen LogP contribution in [0.1, 0.15) is 12.5 Å². The van der Waals surface area contributed by atoms with E-state index in [1.54, 1.807) is 6.07 Å². The molecule has 174 valence electrons. The summed E-state index contributed by atoms with van der Waals surface area (Å²) >= 11 is 0. The van der Waals surface area contributed by atoms with E-state index in [1.807, 2.05) is 0 Å². The summed E-state index contributed by atoms with van der Waals surface area (Å²) < 4.78 is 146. The Balaban J connectivity index is 3.60. The molecule has 0 bridgehead atoms. The highest BCUT2D eigenvalue weighted by molar-refractivity contribution is 7.97. The lowest BCUT2D eigenvalue weighted by Gasteiger charge is -2.33. The van der Waals surface area contributed by atoms with Crippen molar-refractivity contribution in [2.75, 3.05) is 6.61 Å². The highest BCUT2D eigenvalue weighted by Crippen LogP contribution is 2.55. The highest BCUT2D eigenvalue weighted by Gasteiger charge is 2.85. The Labute approximate surface area is 169 Å². The summed E-state index contributed by atoms with van der Waals surface area (Å²) in [6.45, 7) is 0.404. The summed E-state index contributed by atoms with van der Waals surface area (Å²) in [7, 11) is -7.11. The van der Waals surface area contributed by atoms with Gasteiger partial charge in [0.25, 0.3) is 9.84 Å². The average Bonchev–Trinajstić information content (AvgIpc) is 2.64. The fourth-order valence-corrected chi connectivity index (χ4v) is 3.23. The molecule has 0 spiro atoms. The van der Waals surface area contributed by atoms with E-state index in [0.717, 1.165) is 13.0 Å². The molecule has 0 fully saturated rings. The molecule has 0 aromatic heterocycles. The van der Waals surface area contributed by atoms with Crippen LogP contribution in [0.25, 0.3) is 6.08 Å². The van der Waals surface area contributed by atoms with Crippen molar-refractivity contribution < 1.29 is 57.5 Å². The predicted octanol–water partition coefficient (Wildman–Crippen LogP) is 4.99. The molecule has 0 aliphatic carbocycles. The molecule has 0 radical (unpaired) electrons. The first-order valence-corrected chi connectivity index (χ1v) is 9.48. The monoisotopic (exact) mass is 484 g/mol. The number of carbonyl (C=O) groups excluding carboxylic acids is 1. The molecule has 0 N–H and O–H groups in total.